The molecular formula is C19H18N4OS. The van der Waals surface area contributed by atoms with Crippen LogP contribution in [-0.4, -0.2) is 20.0 Å². The maximum absolute atomic E-state index is 5.95. The number of aryl methyl sites for hydroxylation is 1. The van der Waals surface area contributed by atoms with Gasteiger partial charge in [-0.25, -0.2) is 0 Å². The topological polar surface area (TPSA) is 54.2 Å². The van der Waals surface area contributed by atoms with Crippen molar-refractivity contribution >= 4 is 17.3 Å². The van der Waals surface area contributed by atoms with E-state index in [1.807, 2.05) is 55.6 Å². The Bertz CT molecular complexity index is 865. The molecule has 5 nitrogen and oxygen atoms in total. The Kier molecular flexibility index (Phi) is 4.19. The van der Waals surface area contributed by atoms with Crippen molar-refractivity contribution in [3.63, 3.8) is 0 Å². The highest BCUT2D eigenvalue weighted by atomic mass is 32.1. The van der Waals surface area contributed by atoms with E-state index in [0.29, 0.717) is 11.7 Å². The maximum Gasteiger partial charge on any atom is 0.170 e. The van der Waals surface area contributed by atoms with Crippen LogP contribution in [0.4, 0.5) is 0 Å². The second-order valence-electron chi connectivity index (χ2n) is 6.06. The molecule has 1 saturated heterocycles. The molecule has 4 heterocycles. The van der Waals surface area contributed by atoms with Crippen LogP contribution in [0.5, 0.6) is 0 Å². The van der Waals surface area contributed by atoms with Gasteiger partial charge in [0, 0.05) is 25.1 Å². The van der Waals surface area contributed by atoms with Crippen LogP contribution in [-0.2, 0) is 6.54 Å². The van der Waals surface area contributed by atoms with E-state index in [2.05, 4.69) is 20.2 Å². The van der Waals surface area contributed by atoms with Gasteiger partial charge in [-0.1, -0.05) is 12.1 Å². The van der Waals surface area contributed by atoms with Crippen molar-refractivity contribution in [3.05, 3.63) is 83.8 Å². The number of nitrogens with one attached hydrogen (secondary N) is 1. The Labute approximate surface area is 151 Å². The van der Waals surface area contributed by atoms with E-state index in [4.69, 9.17) is 16.6 Å². The lowest BCUT2D eigenvalue weighted by molar-refractivity contribution is 0.264. The third-order valence-corrected chi connectivity index (χ3v) is 4.68. The molecule has 4 rings (SSSR count). The molecule has 0 saturated carbocycles. The number of hydrogen-bond donors (Lipinski definition) is 1. The van der Waals surface area contributed by atoms with Gasteiger partial charge in [0.2, 0.25) is 0 Å². The third-order valence-electron chi connectivity index (χ3n) is 4.33. The molecule has 0 spiro atoms. The Hall–Kier alpha value is -2.73. The molecule has 1 N–H and O–H groups in total. The minimum atomic E-state index is -0.0593. The molecule has 2 atom stereocenters. The maximum atomic E-state index is 5.95. The van der Waals surface area contributed by atoms with E-state index in [9.17, 15) is 0 Å². The molecule has 25 heavy (non-hydrogen) atoms. The molecule has 126 valence electrons. The molecule has 3 aromatic heterocycles. The first kappa shape index (κ1) is 15.8. The molecule has 6 heteroatoms. The average molecular weight is 350 g/mol. The van der Waals surface area contributed by atoms with E-state index < -0.39 is 0 Å². The fourth-order valence-corrected chi connectivity index (χ4v) is 3.49. The van der Waals surface area contributed by atoms with Crippen molar-refractivity contribution in [1.29, 1.82) is 0 Å². The Morgan fingerprint density at radius 2 is 2.08 bits per heavy atom. The van der Waals surface area contributed by atoms with E-state index in [1.165, 1.54) is 0 Å². The van der Waals surface area contributed by atoms with Gasteiger partial charge in [-0.15, -0.1) is 0 Å². The molecule has 1 aliphatic heterocycles. The van der Waals surface area contributed by atoms with Crippen molar-refractivity contribution in [3.8, 4) is 0 Å². The summed E-state index contributed by atoms with van der Waals surface area (Å²) in [7, 11) is 0. The number of nitrogens with zero attached hydrogens (tertiary/aromatic N) is 3. The number of pyridine rings is 2. The highest BCUT2D eigenvalue weighted by molar-refractivity contribution is 7.80. The summed E-state index contributed by atoms with van der Waals surface area (Å²) < 4.78 is 5.95. The Morgan fingerprint density at radius 3 is 2.76 bits per heavy atom. The van der Waals surface area contributed by atoms with Crippen molar-refractivity contribution in [2.45, 2.75) is 25.6 Å². The lowest BCUT2D eigenvalue weighted by Gasteiger charge is -2.26. The van der Waals surface area contributed by atoms with Crippen molar-refractivity contribution in [2.75, 3.05) is 0 Å². The predicted molar refractivity (Wildman–Crippen MR) is 98.7 cm³/mol. The van der Waals surface area contributed by atoms with Crippen LogP contribution in [0.25, 0.3) is 0 Å². The molecule has 0 aliphatic carbocycles. The lowest BCUT2D eigenvalue weighted by atomic mass is 10.0. The fraction of sp³-hybridized carbons (Fsp3) is 0.211. The van der Waals surface area contributed by atoms with Gasteiger partial charge >= 0.3 is 0 Å². The van der Waals surface area contributed by atoms with Crippen LogP contribution in [0.15, 0.2) is 65.5 Å². The van der Waals surface area contributed by atoms with Crippen molar-refractivity contribution < 1.29 is 4.42 Å². The molecule has 0 aromatic carbocycles. The number of furan rings is 1. The minimum Gasteiger partial charge on any atom is -0.464 e. The van der Waals surface area contributed by atoms with Crippen LogP contribution in [0.3, 0.4) is 0 Å². The zero-order valence-electron chi connectivity index (χ0n) is 13.8. The highest BCUT2D eigenvalue weighted by Gasteiger charge is 2.41. The van der Waals surface area contributed by atoms with E-state index in [1.54, 1.807) is 12.4 Å². The van der Waals surface area contributed by atoms with Gasteiger partial charge in [0.05, 0.1) is 11.7 Å². The van der Waals surface area contributed by atoms with Crippen LogP contribution in [0.2, 0.25) is 0 Å². The van der Waals surface area contributed by atoms with Crippen LogP contribution in [0.1, 0.15) is 34.9 Å². The zero-order chi connectivity index (χ0) is 17.2. The number of thiocarbonyl (C=S) groups is 1. The minimum absolute atomic E-state index is 0.0590. The summed E-state index contributed by atoms with van der Waals surface area (Å²) in [5.41, 5.74) is 2.04. The standard InChI is InChI=1S/C19H18N4OS/c1-13-7-8-16(24-13)18-17(15-6-2-3-10-21-15)22-19(25)23(18)12-14-5-4-9-20-11-14/h2-11,17-18H,12H2,1H3,(H,22,25). The van der Waals surface area contributed by atoms with Gasteiger partial charge in [-0.2, -0.15) is 0 Å². The molecular weight excluding hydrogens is 332 g/mol. The fourth-order valence-electron chi connectivity index (χ4n) is 3.19. The summed E-state index contributed by atoms with van der Waals surface area (Å²) in [5.74, 6) is 1.76. The largest absolute Gasteiger partial charge is 0.464 e. The third kappa shape index (κ3) is 3.13. The molecule has 0 bridgehead atoms. The van der Waals surface area contributed by atoms with Gasteiger partial charge in [0.1, 0.15) is 17.6 Å². The van der Waals surface area contributed by atoms with Crippen LogP contribution >= 0.6 is 12.2 Å². The van der Waals surface area contributed by atoms with E-state index in [-0.39, 0.29) is 12.1 Å². The SMILES string of the molecule is Cc1ccc(C2C(c3ccccn3)NC(=S)N2Cc2cccnc2)o1. The van der Waals surface area contributed by atoms with Crippen LogP contribution < -0.4 is 5.32 Å². The average Bonchev–Trinajstić information content (AvgIpc) is 3.20. The first-order chi connectivity index (χ1) is 12.2. The normalized spacial score (nSPS) is 19.9. The first-order valence-electron chi connectivity index (χ1n) is 8.15. The highest BCUT2D eigenvalue weighted by Crippen LogP contribution is 2.39. The molecule has 2 unspecified atom stereocenters. The van der Waals surface area contributed by atoms with Crippen molar-refractivity contribution in [1.82, 2.24) is 20.2 Å². The van der Waals surface area contributed by atoms with Gasteiger partial charge in [-0.3, -0.25) is 9.97 Å². The summed E-state index contributed by atoms with van der Waals surface area (Å²) in [4.78, 5) is 10.9. The van der Waals surface area contributed by atoms with Crippen LogP contribution in [0, 0.1) is 6.92 Å². The number of rotatable bonds is 4. The second-order valence-corrected chi connectivity index (χ2v) is 6.45. The summed E-state index contributed by atoms with van der Waals surface area (Å²) in [5, 5.41) is 4.11. The van der Waals surface area contributed by atoms with Gasteiger partial charge in [0.15, 0.2) is 5.11 Å². The van der Waals surface area contributed by atoms with Gasteiger partial charge < -0.3 is 14.6 Å². The first-order valence-corrected chi connectivity index (χ1v) is 8.56. The summed E-state index contributed by atoms with van der Waals surface area (Å²) in [6.07, 6.45) is 5.43. The summed E-state index contributed by atoms with van der Waals surface area (Å²) in [6, 6.07) is 13.8. The van der Waals surface area contributed by atoms with E-state index in [0.717, 1.165) is 22.8 Å². The van der Waals surface area contributed by atoms with E-state index >= 15 is 0 Å². The lowest BCUT2D eigenvalue weighted by Crippen LogP contribution is -2.29. The second kappa shape index (κ2) is 6.64. The smallest absolute Gasteiger partial charge is 0.170 e. The predicted octanol–water partition coefficient (Wildman–Crippen LogP) is 3.55. The Balaban J connectivity index is 1.72. The molecule has 1 fully saturated rings. The summed E-state index contributed by atoms with van der Waals surface area (Å²) in [6.45, 7) is 2.61. The number of hydrogen-bond acceptors (Lipinski definition) is 4. The monoisotopic (exact) mass is 350 g/mol. The van der Waals surface area contributed by atoms with Gasteiger partial charge in [0.25, 0.3) is 0 Å². The molecule has 1 aliphatic rings. The molecule has 0 amide bonds. The van der Waals surface area contributed by atoms with Crippen molar-refractivity contribution in [2.24, 2.45) is 0 Å². The summed E-state index contributed by atoms with van der Waals surface area (Å²) >= 11 is 5.63. The molecule has 0 radical (unpaired) electrons. The Morgan fingerprint density at radius 1 is 1.16 bits per heavy atom. The van der Waals surface area contributed by atoms with Gasteiger partial charge in [-0.05, 0) is 55.0 Å². The molecule has 3 aromatic rings. The zero-order valence-corrected chi connectivity index (χ0v) is 14.6. The number of aromatic nitrogens is 2. The quantitative estimate of drug-likeness (QED) is 0.726.